The average molecular weight is 364 g/mol. The fourth-order valence-corrected chi connectivity index (χ4v) is 3.52. The molecule has 0 aliphatic carbocycles. The highest BCUT2D eigenvalue weighted by atomic mass is 32.2. The number of nitrogens with zero attached hydrogens (tertiary/aromatic N) is 3. The molecule has 5 nitrogen and oxygen atoms in total. The standard InChI is InChI=1S/C17H18F2N4OS/c1-17(2,3)25-13-7-23-12(6-21-14(23)4-9(13)8-24)10-5-11(18)16(20)22-15(10)19/h4-7,24H,8H2,1-3H3,(H2,20,22). The van der Waals surface area contributed by atoms with E-state index in [-0.39, 0.29) is 16.9 Å². The SMILES string of the molecule is CC(C)(C)Sc1cn2c(-c3cc(F)c(N)nc3F)cnc2cc1CO. The molecule has 0 saturated carbocycles. The molecule has 0 spiro atoms. The van der Waals surface area contributed by atoms with Gasteiger partial charge in [0.15, 0.2) is 11.6 Å². The topological polar surface area (TPSA) is 76.4 Å². The molecule has 3 aromatic rings. The lowest BCUT2D eigenvalue weighted by Gasteiger charge is -2.20. The summed E-state index contributed by atoms with van der Waals surface area (Å²) in [6.45, 7) is 6.02. The summed E-state index contributed by atoms with van der Waals surface area (Å²) in [5.74, 6) is -2.14. The third kappa shape index (κ3) is 3.45. The number of aliphatic hydroxyl groups is 1. The van der Waals surface area contributed by atoms with E-state index in [1.165, 1.54) is 6.20 Å². The number of nitrogens with two attached hydrogens (primary N) is 1. The fraction of sp³-hybridized carbons (Fsp3) is 0.294. The largest absolute Gasteiger partial charge is 0.392 e. The van der Waals surface area contributed by atoms with Crippen molar-refractivity contribution in [1.82, 2.24) is 14.4 Å². The molecule has 132 valence electrons. The van der Waals surface area contributed by atoms with Crippen molar-refractivity contribution in [2.24, 2.45) is 0 Å². The van der Waals surface area contributed by atoms with Crippen molar-refractivity contribution in [2.75, 3.05) is 5.73 Å². The van der Waals surface area contributed by atoms with Gasteiger partial charge < -0.3 is 10.8 Å². The first-order chi connectivity index (χ1) is 11.7. The summed E-state index contributed by atoms with van der Waals surface area (Å²) in [6, 6.07) is 2.74. The normalized spacial score (nSPS) is 12.1. The highest BCUT2D eigenvalue weighted by Crippen LogP contribution is 2.36. The lowest BCUT2D eigenvalue weighted by atomic mass is 10.2. The second-order valence-electron chi connectivity index (χ2n) is 6.60. The van der Waals surface area contributed by atoms with Crippen LogP contribution in [0.25, 0.3) is 16.9 Å². The molecule has 3 heterocycles. The number of halogens is 2. The number of imidazole rings is 1. The van der Waals surface area contributed by atoms with Gasteiger partial charge in [-0.15, -0.1) is 11.8 Å². The number of pyridine rings is 2. The first kappa shape index (κ1) is 17.6. The summed E-state index contributed by atoms with van der Waals surface area (Å²) in [7, 11) is 0. The van der Waals surface area contributed by atoms with Crippen molar-refractivity contribution in [3.63, 3.8) is 0 Å². The van der Waals surface area contributed by atoms with Crippen LogP contribution in [0.2, 0.25) is 0 Å². The lowest BCUT2D eigenvalue weighted by Crippen LogP contribution is -2.08. The summed E-state index contributed by atoms with van der Waals surface area (Å²) in [4.78, 5) is 8.47. The van der Waals surface area contributed by atoms with E-state index in [4.69, 9.17) is 5.73 Å². The maximum Gasteiger partial charge on any atom is 0.224 e. The molecule has 0 aromatic carbocycles. The van der Waals surface area contributed by atoms with E-state index >= 15 is 0 Å². The molecule has 0 unspecified atom stereocenters. The summed E-state index contributed by atoms with van der Waals surface area (Å²) >= 11 is 1.57. The van der Waals surface area contributed by atoms with E-state index in [0.29, 0.717) is 11.3 Å². The molecule has 0 atom stereocenters. The molecule has 3 aromatic heterocycles. The van der Waals surface area contributed by atoms with Crippen LogP contribution in [0.3, 0.4) is 0 Å². The van der Waals surface area contributed by atoms with E-state index in [1.807, 2.05) is 0 Å². The molecule has 3 rings (SSSR count). The van der Waals surface area contributed by atoms with Gasteiger partial charge in [0.1, 0.15) is 5.65 Å². The zero-order valence-corrected chi connectivity index (χ0v) is 14.9. The van der Waals surface area contributed by atoms with Crippen LogP contribution < -0.4 is 5.73 Å². The minimum atomic E-state index is -0.864. The van der Waals surface area contributed by atoms with Gasteiger partial charge in [-0.05, 0) is 17.7 Å². The monoisotopic (exact) mass is 364 g/mol. The maximum atomic E-state index is 14.2. The highest BCUT2D eigenvalue weighted by Gasteiger charge is 2.19. The Kier molecular flexibility index (Phi) is 4.42. The molecule has 0 aliphatic heterocycles. The Morgan fingerprint density at radius 2 is 2.00 bits per heavy atom. The maximum absolute atomic E-state index is 14.2. The second kappa shape index (κ2) is 6.27. The van der Waals surface area contributed by atoms with Crippen LogP contribution in [0.4, 0.5) is 14.6 Å². The van der Waals surface area contributed by atoms with Crippen LogP contribution in [0.5, 0.6) is 0 Å². The zero-order valence-electron chi connectivity index (χ0n) is 14.0. The Morgan fingerprint density at radius 3 is 2.64 bits per heavy atom. The first-order valence-corrected chi connectivity index (χ1v) is 8.43. The summed E-state index contributed by atoms with van der Waals surface area (Å²) in [5, 5.41) is 9.63. The van der Waals surface area contributed by atoms with Gasteiger partial charge in [-0.3, -0.25) is 4.40 Å². The smallest absolute Gasteiger partial charge is 0.224 e. The van der Waals surface area contributed by atoms with Gasteiger partial charge in [0.25, 0.3) is 0 Å². The quantitative estimate of drug-likeness (QED) is 0.548. The van der Waals surface area contributed by atoms with Crippen LogP contribution in [-0.4, -0.2) is 24.2 Å². The van der Waals surface area contributed by atoms with Gasteiger partial charge in [0.05, 0.1) is 24.1 Å². The predicted molar refractivity (Wildman–Crippen MR) is 94.3 cm³/mol. The number of fused-ring (bicyclic) bond motifs is 1. The minimum absolute atomic E-state index is 0.0253. The van der Waals surface area contributed by atoms with Crippen molar-refractivity contribution in [3.05, 3.63) is 41.9 Å². The molecule has 25 heavy (non-hydrogen) atoms. The van der Waals surface area contributed by atoms with E-state index < -0.39 is 17.6 Å². The van der Waals surface area contributed by atoms with Crippen molar-refractivity contribution in [3.8, 4) is 11.3 Å². The van der Waals surface area contributed by atoms with Crippen LogP contribution in [0.1, 0.15) is 26.3 Å². The predicted octanol–water partition coefficient (Wildman–Crippen LogP) is 3.64. The lowest BCUT2D eigenvalue weighted by molar-refractivity contribution is 0.279. The average Bonchev–Trinajstić information content (AvgIpc) is 2.91. The number of aliphatic hydroxyl groups excluding tert-OH is 1. The number of rotatable bonds is 3. The molecule has 0 saturated heterocycles. The number of thioether (sulfide) groups is 1. The summed E-state index contributed by atoms with van der Waals surface area (Å²) in [6.07, 6.45) is 3.21. The molecular formula is C17H18F2N4OS. The molecule has 0 aliphatic rings. The van der Waals surface area contributed by atoms with Gasteiger partial charge in [-0.1, -0.05) is 20.8 Å². The van der Waals surface area contributed by atoms with Crippen LogP contribution in [-0.2, 0) is 6.61 Å². The van der Waals surface area contributed by atoms with Gasteiger partial charge in [-0.25, -0.2) is 9.37 Å². The van der Waals surface area contributed by atoms with Crippen molar-refractivity contribution < 1.29 is 13.9 Å². The van der Waals surface area contributed by atoms with Crippen molar-refractivity contribution >= 4 is 23.2 Å². The van der Waals surface area contributed by atoms with E-state index in [9.17, 15) is 13.9 Å². The second-order valence-corrected chi connectivity index (χ2v) is 8.47. The third-order valence-corrected chi connectivity index (χ3v) is 4.71. The van der Waals surface area contributed by atoms with Gasteiger partial charge >= 0.3 is 0 Å². The van der Waals surface area contributed by atoms with E-state index in [2.05, 4.69) is 30.7 Å². The van der Waals surface area contributed by atoms with E-state index in [0.717, 1.165) is 16.5 Å². The molecule has 3 N–H and O–H groups in total. The molecule has 0 fully saturated rings. The summed E-state index contributed by atoms with van der Waals surface area (Å²) < 4.78 is 29.5. The Morgan fingerprint density at radius 1 is 1.28 bits per heavy atom. The van der Waals surface area contributed by atoms with Crippen LogP contribution in [0, 0.1) is 11.8 Å². The van der Waals surface area contributed by atoms with Crippen LogP contribution in [0.15, 0.2) is 29.4 Å². The molecule has 8 heteroatoms. The number of anilines is 1. The van der Waals surface area contributed by atoms with Gasteiger partial charge in [0.2, 0.25) is 5.95 Å². The van der Waals surface area contributed by atoms with Crippen molar-refractivity contribution in [2.45, 2.75) is 37.0 Å². The Labute approximate surface area is 147 Å². The number of hydrogen-bond donors (Lipinski definition) is 2. The van der Waals surface area contributed by atoms with Gasteiger partial charge in [-0.2, -0.15) is 9.37 Å². The minimum Gasteiger partial charge on any atom is -0.392 e. The molecular weight excluding hydrogens is 346 g/mol. The molecule has 0 bridgehead atoms. The van der Waals surface area contributed by atoms with Crippen molar-refractivity contribution in [1.29, 1.82) is 0 Å². The highest BCUT2D eigenvalue weighted by molar-refractivity contribution is 8.00. The zero-order chi connectivity index (χ0) is 18.4. The molecule has 0 radical (unpaired) electrons. The number of nitrogen functional groups attached to an aromatic ring is 1. The number of aromatic nitrogens is 3. The number of hydrogen-bond acceptors (Lipinski definition) is 5. The Bertz CT molecular complexity index is 950. The Balaban J connectivity index is 2.21. The fourth-order valence-electron chi connectivity index (χ4n) is 2.45. The third-order valence-electron chi connectivity index (χ3n) is 3.51. The van der Waals surface area contributed by atoms with Gasteiger partial charge in [0, 0.05) is 15.8 Å². The molecule has 0 amide bonds. The van der Waals surface area contributed by atoms with E-state index in [1.54, 1.807) is 28.4 Å². The van der Waals surface area contributed by atoms with Crippen LogP contribution >= 0.6 is 11.8 Å². The summed E-state index contributed by atoms with van der Waals surface area (Å²) in [5.41, 5.74) is 6.89. The Hall–Kier alpha value is -2.19. The first-order valence-electron chi connectivity index (χ1n) is 7.61.